The second-order valence-electron chi connectivity index (χ2n) is 8.45. The summed E-state index contributed by atoms with van der Waals surface area (Å²) in [6.07, 6.45) is 0. The highest BCUT2D eigenvalue weighted by atomic mass is 35.5. The lowest BCUT2D eigenvalue weighted by atomic mass is 9.81. The zero-order chi connectivity index (χ0) is 20.5. The molecule has 0 bridgehead atoms. The fourth-order valence-corrected chi connectivity index (χ4v) is 5.11. The zero-order valence-electron chi connectivity index (χ0n) is 16.8. The van der Waals surface area contributed by atoms with Gasteiger partial charge in [0.2, 0.25) is 5.28 Å². The largest absolute Gasteiger partial charge is 0.223 e. The second kappa shape index (κ2) is 6.13. The lowest BCUT2D eigenvalue weighted by Gasteiger charge is -2.22. The van der Waals surface area contributed by atoms with Gasteiger partial charge in [-0.1, -0.05) is 80.6 Å². The van der Waals surface area contributed by atoms with Gasteiger partial charge in [0.25, 0.3) is 0 Å². The monoisotopic (exact) mass is 406 g/mol. The van der Waals surface area contributed by atoms with Gasteiger partial charge in [0.15, 0.2) is 0 Å². The van der Waals surface area contributed by atoms with E-state index in [1.54, 1.807) is 0 Å². The Balaban J connectivity index is 1.67. The Bertz CT molecular complexity index is 1480. The van der Waals surface area contributed by atoms with Gasteiger partial charge in [0.1, 0.15) is 0 Å². The van der Waals surface area contributed by atoms with Crippen LogP contribution in [0.15, 0.2) is 78.9 Å². The topological polar surface area (TPSA) is 25.8 Å². The van der Waals surface area contributed by atoms with Crippen molar-refractivity contribution in [3.05, 3.63) is 95.3 Å². The van der Waals surface area contributed by atoms with Gasteiger partial charge < -0.3 is 0 Å². The maximum atomic E-state index is 6.35. The first-order valence-electron chi connectivity index (χ1n) is 10.1. The Labute approximate surface area is 180 Å². The van der Waals surface area contributed by atoms with E-state index in [-0.39, 0.29) is 10.7 Å². The summed E-state index contributed by atoms with van der Waals surface area (Å²) in [6.45, 7) is 4.59. The molecule has 0 unspecified atom stereocenters. The molecule has 0 amide bonds. The Morgan fingerprint density at radius 3 is 2.40 bits per heavy atom. The molecule has 1 aromatic heterocycles. The predicted molar refractivity (Wildman–Crippen MR) is 125 cm³/mol. The molecular formula is C27H19ClN2. The first-order valence-corrected chi connectivity index (χ1v) is 10.5. The molecule has 1 aliphatic carbocycles. The fourth-order valence-electron chi connectivity index (χ4n) is 4.94. The number of nitrogens with zero attached hydrogens (tertiary/aromatic N) is 2. The molecule has 6 rings (SSSR count). The van der Waals surface area contributed by atoms with Crippen LogP contribution < -0.4 is 0 Å². The molecule has 3 heteroatoms. The first kappa shape index (κ1) is 17.6. The lowest BCUT2D eigenvalue weighted by Crippen LogP contribution is -2.14. The predicted octanol–water partition coefficient (Wildman–Crippen LogP) is 7.41. The standard InChI is InChI=1S/C27H19ClN2/c1-27(2)21-10-6-5-9-19(21)20-13-11-17(15-22(20)27)25-24-18-8-4-3-7-16(18)12-14-23(24)29-26(28)30-25/h3-15H,1-2H3. The molecule has 0 aliphatic heterocycles. The van der Waals surface area contributed by atoms with Crippen molar-refractivity contribution in [1.82, 2.24) is 9.97 Å². The Morgan fingerprint density at radius 2 is 1.50 bits per heavy atom. The Morgan fingerprint density at radius 1 is 0.733 bits per heavy atom. The number of benzene rings is 4. The highest BCUT2D eigenvalue weighted by Crippen LogP contribution is 2.49. The maximum absolute atomic E-state index is 6.35. The van der Waals surface area contributed by atoms with Gasteiger partial charge in [0.05, 0.1) is 11.2 Å². The molecule has 2 nitrogen and oxygen atoms in total. The van der Waals surface area contributed by atoms with Crippen LogP contribution >= 0.6 is 11.6 Å². The molecule has 0 atom stereocenters. The smallest absolute Gasteiger partial charge is 0.218 e. The van der Waals surface area contributed by atoms with E-state index in [9.17, 15) is 0 Å². The molecule has 0 saturated carbocycles. The van der Waals surface area contributed by atoms with E-state index >= 15 is 0 Å². The summed E-state index contributed by atoms with van der Waals surface area (Å²) in [5.74, 6) is 0. The minimum absolute atomic E-state index is 0.0589. The number of aromatic nitrogens is 2. The number of hydrogen-bond acceptors (Lipinski definition) is 2. The maximum Gasteiger partial charge on any atom is 0.223 e. The summed E-state index contributed by atoms with van der Waals surface area (Å²) in [5.41, 5.74) is 8.08. The number of rotatable bonds is 1. The van der Waals surface area contributed by atoms with Crippen molar-refractivity contribution >= 4 is 33.3 Å². The summed E-state index contributed by atoms with van der Waals surface area (Å²) in [7, 11) is 0. The molecule has 4 aromatic carbocycles. The van der Waals surface area contributed by atoms with Crippen LogP contribution in [0.5, 0.6) is 0 Å². The number of halogens is 1. The highest BCUT2D eigenvalue weighted by Gasteiger charge is 2.35. The number of fused-ring (bicyclic) bond motifs is 6. The molecule has 0 fully saturated rings. The molecule has 0 N–H and O–H groups in total. The van der Waals surface area contributed by atoms with Crippen LogP contribution in [-0.4, -0.2) is 9.97 Å². The second-order valence-corrected chi connectivity index (χ2v) is 8.79. The third kappa shape index (κ3) is 2.37. The third-order valence-corrected chi connectivity index (χ3v) is 6.59. The molecule has 30 heavy (non-hydrogen) atoms. The first-order chi connectivity index (χ1) is 14.5. The van der Waals surface area contributed by atoms with E-state index < -0.39 is 0 Å². The molecule has 0 radical (unpaired) electrons. The lowest BCUT2D eigenvalue weighted by molar-refractivity contribution is 0.660. The summed E-state index contributed by atoms with van der Waals surface area (Å²) in [5, 5.41) is 3.64. The Hall–Kier alpha value is -3.23. The summed E-state index contributed by atoms with van der Waals surface area (Å²) < 4.78 is 0. The van der Waals surface area contributed by atoms with Gasteiger partial charge in [-0.15, -0.1) is 0 Å². The van der Waals surface area contributed by atoms with Crippen LogP contribution in [0.25, 0.3) is 44.1 Å². The minimum atomic E-state index is -0.0589. The quantitative estimate of drug-likeness (QED) is 0.214. The van der Waals surface area contributed by atoms with Gasteiger partial charge in [-0.2, -0.15) is 0 Å². The van der Waals surface area contributed by atoms with Crippen molar-refractivity contribution in [3.8, 4) is 22.4 Å². The van der Waals surface area contributed by atoms with E-state index in [0.717, 1.165) is 27.5 Å². The van der Waals surface area contributed by atoms with Gasteiger partial charge in [-0.25, -0.2) is 9.97 Å². The summed E-state index contributed by atoms with van der Waals surface area (Å²) in [4.78, 5) is 9.20. The number of hydrogen-bond donors (Lipinski definition) is 0. The van der Waals surface area contributed by atoms with Crippen molar-refractivity contribution in [2.24, 2.45) is 0 Å². The van der Waals surface area contributed by atoms with Crippen molar-refractivity contribution in [1.29, 1.82) is 0 Å². The van der Waals surface area contributed by atoms with Gasteiger partial charge >= 0.3 is 0 Å². The molecular weight excluding hydrogens is 388 g/mol. The van der Waals surface area contributed by atoms with E-state index in [1.807, 2.05) is 6.07 Å². The van der Waals surface area contributed by atoms with Crippen molar-refractivity contribution in [3.63, 3.8) is 0 Å². The van der Waals surface area contributed by atoms with E-state index in [4.69, 9.17) is 16.6 Å². The minimum Gasteiger partial charge on any atom is -0.218 e. The summed E-state index contributed by atoms with van der Waals surface area (Å²) >= 11 is 6.35. The average Bonchev–Trinajstić information content (AvgIpc) is 3.00. The van der Waals surface area contributed by atoms with Crippen molar-refractivity contribution in [2.45, 2.75) is 19.3 Å². The van der Waals surface area contributed by atoms with Crippen LogP contribution in [0.4, 0.5) is 0 Å². The van der Waals surface area contributed by atoms with Crippen LogP contribution in [-0.2, 0) is 5.41 Å². The van der Waals surface area contributed by atoms with Crippen LogP contribution in [0.3, 0.4) is 0 Å². The van der Waals surface area contributed by atoms with Crippen LogP contribution in [0.2, 0.25) is 5.28 Å². The molecule has 0 saturated heterocycles. The molecule has 144 valence electrons. The Kier molecular flexibility index (Phi) is 3.60. The average molecular weight is 407 g/mol. The van der Waals surface area contributed by atoms with E-state index in [2.05, 4.69) is 91.6 Å². The normalized spacial score (nSPS) is 14.1. The molecule has 5 aromatic rings. The SMILES string of the molecule is CC1(C)c2ccccc2-c2ccc(-c3nc(Cl)nc4ccc5ccccc5c34)cc21. The fraction of sp³-hybridized carbons (Fsp3) is 0.111. The zero-order valence-corrected chi connectivity index (χ0v) is 17.5. The molecule has 1 heterocycles. The molecule has 1 aliphatic rings. The van der Waals surface area contributed by atoms with E-state index in [1.165, 1.54) is 27.6 Å². The summed E-state index contributed by atoms with van der Waals surface area (Å²) in [6, 6.07) is 27.8. The van der Waals surface area contributed by atoms with E-state index in [0.29, 0.717) is 0 Å². The van der Waals surface area contributed by atoms with Crippen molar-refractivity contribution < 1.29 is 0 Å². The third-order valence-electron chi connectivity index (χ3n) is 6.42. The van der Waals surface area contributed by atoms with Gasteiger partial charge in [-0.05, 0) is 56.8 Å². The van der Waals surface area contributed by atoms with Gasteiger partial charge in [-0.3, -0.25) is 0 Å². The highest BCUT2D eigenvalue weighted by molar-refractivity contribution is 6.29. The van der Waals surface area contributed by atoms with Crippen LogP contribution in [0, 0.1) is 0 Å². The molecule has 0 spiro atoms. The van der Waals surface area contributed by atoms with Gasteiger partial charge in [0, 0.05) is 16.4 Å². The van der Waals surface area contributed by atoms with Crippen LogP contribution in [0.1, 0.15) is 25.0 Å². The van der Waals surface area contributed by atoms with Crippen molar-refractivity contribution in [2.75, 3.05) is 0 Å².